The summed E-state index contributed by atoms with van der Waals surface area (Å²) in [7, 11) is 0. The molecule has 3 rings (SSSR count). The largest absolute Gasteiger partial charge is 0.347 e. The number of carbonyl (C=O) groups is 1. The lowest BCUT2D eigenvalue weighted by Crippen LogP contribution is -2.29. The maximum absolute atomic E-state index is 12.7. The number of aromatic amines is 1. The van der Waals surface area contributed by atoms with Crippen LogP contribution in [0.1, 0.15) is 4.88 Å². The van der Waals surface area contributed by atoms with Gasteiger partial charge < -0.3 is 5.32 Å². The minimum absolute atomic E-state index is 0.0334. The van der Waals surface area contributed by atoms with Crippen LogP contribution in [0.15, 0.2) is 52.9 Å². The van der Waals surface area contributed by atoms with Gasteiger partial charge in [0.1, 0.15) is 11.9 Å². The van der Waals surface area contributed by atoms with Crippen molar-refractivity contribution < 1.29 is 14.7 Å². The van der Waals surface area contributed by atoms with E-state index in [0.29, 0.717) is 22.8 Å². The topological polar surface area (TPSA) is 108 Å². The van der Waals surface area contributed by atoms with E-state index < -0.39 is 4.92 Å². The molecule has 2 N–H and O–H groups in total. The Bertz CT molecular complexity index is 1140. The highest BCUT2D eigenvalue weighted by Gasteiger charge is 2.20. The molecule has 0 aliphatic rings. The quantitative estimate of drug-likeness (QED) is 0.209. The molecule has 2 aromatic heterocycles. The number of nitrogens with zero attached hydrogens (tertiary/aromatic N) is 2. The van der Waals surface area contributed by atoms with Gasteiger partial charge in [0.05, 0.1) is 10.7 Å². The van der Waals surface area contributed by atoms with Crippen LogP contribution in [-0.4, -0.2) is 21.2 Å². The van der Waals surface area contributed by atoms with Crippen LogP contribution in [-0.2, 0) is 11.3 Å². The molecule has 0 unspecified atom stereocenters. The summed E-state index contributed by atoms with van der Waals surface area (Å²) in [4.78, 5) is 40.3. The van der Waals surface area contributed by atoms with Crippen LogP contribution >= 0.6 is 23.1 Å². The number of amides is 1. The molecule has 2 heterocycles. The number of thiophene rings is 1. The molecule has 144 valence electrons. The van der Waals surface area contributed by atoms with Crippen molar-refractivity contribution in [3.8, 4) is 0 Å². The molecule has 0 aliphatic heterocycles. The zero-order valence-electron chi connectivity index (χ0n) is 14.9. The highest BCUT2D eigenvalue weighted by Crippen LogP contribution is 2.22. The molecule has 28 heavy (non-hydrogen) atoms. The van der Waals surface area contributed by atoms with E-state index in [-0.39, 0.29) is 22.9 Å². The second-order valence-corrected chi connectivity index (χ2v) is 8.10. The van der Waals surface area contributed by atoms with E-state index in [0.717, 1.165) is 9.71 Å². The number of rotatable bonds is 7. The van der Waals surface area contributed by atoms with Gasteiger partial charge in [-0.15, -0.1) is 0 Å². The molecule has 10 heteroatoms. The third-order valence-electron chi connectivity index (χ3n) is 3.79. The second-order valence-electron chi connectivity index (χ2n) is 5.88. The lowest BCUT2D eigenvalue weighted by molar-refractivity contribution is -0.404. The first-order valence-electron chi connectivity index (χ1n) is 8.23. The number of nitrogens with one attached hydrogen (secondary N) is 2. The van der Waals surface area contributed by atoms with Gasteiger partial charge in [-0.1, -0.05) is 30.1 Å². The van der Waals surface area contributed by atoms with Gasteiger partial charge in [-0.25, -0.2) is 9.78 Å². The Kier molecular flexibility index (Phi) is 5.90. The zero-order chi connectivity index (χ0) is 20.3. The van der Waals surface area contributed by atoms with Crippen molar-refractivity contribution >= 4 is 50.6 Å². The minimum Gasteiger partial charge on any atom is -0.325 e. The van der Waals surface area contributed by atoms with E-state index in [1.807, 2.05) is 13.0 Å². The average molecular weight is 417 g/mol. The molecule has 0 radical (unpaired) electrons. The predicted molar refractivity (Wildman–Crippen MR) is 110 cm³/mol. The molecule has 0 spiro atoms. The van der Waals surface area contributed by atoms with Gasteiger partial charge in [0, 0.05) is 22.7 Å². The van der Waals surface area contributed by atoms with Crippen molar-refractivity contribution in [2.24, 2.45) is 0 Å². The number of hydrogen-bond donors (Lipinski definition) is 1. The Morgan fingerprint density at radius 1 is 1.46 bits per heavy atom. The molecule has 0 fully saturated rings. The Balaban J connectivity index is 1.79. The Morgan fingerprint density at radius 3 is 2.96 bits per heavy atom. The van der Waals surface area contributed by atoms with E-state index in [2.05, 4.69) is 16.9 Å². The Hall–Kier alpha value is -2.98. The number of nitro benzene ring substituents is 1. The number of fused-ring (bicyclic) bond motifs is 1. The van der Waals surface area contributed by atoms with E-state index in [1.165, 1.54) is 45.9 Å². The zero-order valence-corrected chi connectivity index (χ0v) is 16.6. The molecular formula is C18H17N4O4S2+. The van der Waals surface area contributed by atoms with Gasteiger partial charge in [-0.2, -0.15) is 4.57 Å². The van der Waals surface area contributed by atoms with E-state index >= 15 is 0 Å². The summed E-state index contributed by atoms with van der Waals surface area (Å²) < 4.78 is 1.53. The van der Waals surface area contributed by atoms with Gasteiger partial charge in [-0.3, -0.25) is 14.9 Å². The van der Waals surface area contributed by atoms with E-state index in [1.54, 1.807) is 12.1 Å². The van der Waals surface area contributed by atoms with Crippen LogP contribution in [0.5, 0.6) is 0 Å². The number of anilines is 1. The fourth-order valence-corrected chi connectivity index (χ4v) is 4.40. The average Bonchev–Trinajstić information content (AvgIpc) is 3.03. The number of H-pyrrole nitrogens is 1. The standard InChI is InChI=1S/C18H16N4O4S2/c1-3-7-21-17(24)14-8-11(2)28-16(14)20-18(21)27-10-15(23)19-12-5-4-6-13(9-12)22(25)26/h3-6,8-9H,1,7,10H2,2H3,(H,19,23)/p+1. The lowest BCUT2D eigenvalue weighted by atomic mass is 10.3. The van der Waals surface area contributed by atoms with Crippen molar-refractivity contribution in [2.75, 3.05) is 11.1 Å². The smallest absolute Gasteiger partial charge is 0.325 e. The fourth-order valence-electron chi connectivity index (χ4n) is 2.61. The maximum Gasteiger partial charge on any atom is 0.347 e. The summed E-state index contributed by atoms with van der Waals surface area (Å²) in [6.45, 7) is 5.92. The minimum atomic E-state index is -0.522. The summed E-state index contributed by atoms with van der Waals surface area (Å²) in [5.74, 6) is -0.301. The van der Waals surface area contributed by atoms with Gasteiger partial charge in [-0.05, 0) is 30.8 Å². The van der Waals surface area contributed by atoms with E-state index in [9.17, 15) is 19.7 Å². The van der Waals surface area contributed by atoms with Crippen LogP contribution in [0, 0.1) is 17.0 Å². The molecule has 0 aliphatic carbocycles. The molecule has 0 bridgehead atoms. The number of hydrogen-bond acceptors (Lipinski definition) is 6. The Labute approximate surface area is 168 Å². The molecular weight excluding hydrogens is 400 g/mol. The third kappa shape index (κ3) is 4.29. The Morgan fingerprint density at radius 2 is 2.25 bits per heavy atom. The van der Waals surface area contributed by atoms with Gasteiger partial charge in [0.2, 0.25) is 5.91 Å². The number of carbonyl (C=O) groups excluding carboxylic acids is 1. The molecule has 1 amide bonds. The van der Waals surface area contributed by atoms with Crippen LogP contribution in [0.4, 0.5) is 11.4 Å². The van der Waals surface area contributed by atoms with Crippen LogP contribution < -0.4 is 15.9 Å². The van der Waals surface area contributed by atoms with Gasteiger partial charge in [0.25, 0.3) is 5.69 Å². The van der Waals surface area contributed by atoms with Crippen LogP contribution in [0.25, 0.3) is 10.2 Å². The summed E-state index contributed by atoms with van der Waals surface area (Å²) >= 11 is 2.66. The highest BCUT2D eigenvalue weighted by atomic mass is 32.2. The summed E-state index contributed by atoms with van der Waals surface area (Å²) in [5, 5.41) is 14.6. The number of allylic oxidation sites excluding steroid dienone is 1. The second kappa shape index (κ2) is 8.36. The number of aromatic nitrogens is 2. The van der Waals surface area contributed by atoms with Gasteiger partial charge in [0.15, 0.2) is 4.83 Å². The first kappa shape index (κ1) is 19.8. The highest BCUT2D eigenvalue weighted by molar-refractivity contribution is 7.99. The maximum atomic E-state index is 12.7. The summed E-state index contributed by atoms with van der Waals surface area (Å²) in [6, 6.07) is 7.57. The number of aryl methyl sites for hydroxylation is 1. The van der Waals surface area contributed by atoms with Crippen LogP contribution in [0.2, 0.25) is 0 Å². The monoisotopic (exact) mass is 417 g/mol. The van der Waals surface area contributed by atoms with Crippen molar-refractivity contribution in [1.29, 1.82) is 0 Å². The van der Waals surface area contributed by atoms with Crippen LogP contribution in [0.3, 0.4) is 0 Å². The number of nitro groups is 1. The first-order valence-corrected chi connectivity index (χ1v) is 10.0. The van der Waals surface area contributed by atoms with Crippen molar-refractivity contribution in [1.82, 2.24) is 4.57 Å². The number of benzene rings is 1. The van der Waals surface area contributed by atoms with Crippen molar-refractivity contribution in [3.63, 3.8) is 0 Å². The number of non-ortho nitro benzene ring substituents is 1. The lowest BCUT2D eigenvalue weighted by Gasteiger charge is -2.05. The third-order valence-corrected chi connectivity index (χ3v) is 5.76. The fraction of sp³-hybridized carbons (Fsp3) is 0.167. The molecule has 1 aromatic carbocycles. The van der Waals surface area contributed by atoms with E-state index in [4.69, 9.17) is 0 Å². The summed E-state index contributed by atoms with van der Waals surface area (Å²) in [5.41, 5.74) is 0.105. The summed E-state index contributed by atoms with van der Waals surface area (Å²) in [6.07, 6.45) is 1.62. The molecule has 0 saturated carbocycles. The molecule has 0 atom stereocenters. The van der Waals surface area contributed by atoms with Gasteiger partial charge >= 0.3 is 10.7 Å². The predicted octanol–water partition coefficient (Wildman–Crippen LogP) is 3.01. The molecule has 0 saturated heterocycles. The SMILES string of the molecule is C=CCn1c(SCC(=O)Nc2cccc([N+](=O)[O-])c2)[nH+]c2sc(C)cc2c1=O. The normalized spacial score (nSPS) is 10.8. The molecule has 8 nitrogen and oxygen atoms in total. The van der Waals surface area contributed by atoms with Crippen molar-refractivity contribution in [3.05, 3.63) is 68.3 Å². The first-order chi connectivity index (χ1) is 13.4. The van der Waals surface area contributed by atoms with Crippen molar-refractivity contribution in [2.45, 2.75) is 18.6 Å². The molecule has 3 aromatic rings. The number of thioether (sulfide) groups is 1.